The molecule has 25 heavy (non-hydrogen) atoms. The molecule has 1 aliphatic rings. The zero-order valence-electron chi connectivity index (χ0n) is 13.7. The van der Waals surface area contributed by atoms with Gasteiger partial charge in [-0.1, -0.05) is 6.07 Å². The molecule has 3 rings (SSSR count). The van der Waals surface area contributed by atoms with Gasteiger partial charge < -0.3 is 9.47 Å². The zero-order chi connectivity index (χ0) is 17.8. The molecule has 1 amide bonds. The number of amides is 1. The second-order valence-electron chi connectivity index (χ2n) is 5.58. The van der Waals surface area contributed by atoms with Gasteiger partial charge in [0.2, 0.25) is 5.91 Å². The van der Waals surface area contributed by atoms with E-state index in [4.69, 9.17) is 9.47 Å². The highest BCUT2D eigenvalue weighted by Gasteiger charge is 2.24. The van der Waals surface area contributed by atoms with E-state index in [1.165, 1.54) is 30.6 Å². The molecular weight excluding hydrogens is 347 g/mol. The Labute approximate surface area is 148 Å². The molecule has 1 saturated heterocycles. The third-order valence-corrected chi connectivity index (χ3v) is 4.70. The van der Waals surface area contributed by atoms with Crippen molar-refractivity contribution in [1.82, 2.24) is 4.98 Å². The van der Waals surface area contributed by atoms with E-state index in [2.05, 4.69) is 4.98 Å². The molecule has 0 unspecified atom stereocenters. The number of benzene rings is 1. The minimum atomic E-state index is -0.504. The van der Waals surface area contributed by atoms with E-state index >= 15 is 0 Å². The Balaban J connectivity index is 1.53. The van der Waals surface area contributed by atoms with Crippen molar-refractivity contribution in [2.24, 2.45) is 0 Å². The molecule has 0 saturated carbocycles. The number of esters is 1. The molecule has 1 aliphatic heterocycles. The summed E-state index contributed by atoms with van der Waals surface area (Å²) in [4.78, 5) is 29.6. The normalized spacial score (nSPS) is 14.0. The Hall–Kier alpha value is -2.48. The van der Waals surface area contributed by atoms with Crippen LogP contribution >= 0.6 is 11.3 Å². The first-order chi connectivity index (χ1) is 12.1. The number of ether oxygens (including phenoxy) is 2. The maximum absolute atomic E-state index is 13.6. The number of anilines is 1. The lowest BCUT2D eigenvalue weighted by molar-refractivity contribution is -0.144. The number of carbonyl (C=O) groups excluding carboxylic acids is 2. The molecule has 0 radical (unpaired) electrons. The molecule has 2 aromatic rings. The first-order valence-corrected chi connectivity index (χ1v) is 8.67. The standard InChI is InChI=1S/C17H17FN2O4S/c1-23-14-5-4-11(7-13(14)18)9-24-16(22)8-12-10-25-17(19-12)20-6-2-3-15(20)21/h4-5,7,10H,2-3,6,8-9H2,1H3. The molecule has 1 aromatic carbocycles. The van der Waals surface area contributed by atoms with E-state index in [9.17, 15) is 14.0 Å². The van der Waals surface area contributed by atoms with Crippen LogP contribution in [0.2, 0.25) is 0 Å². The molecule has 0 spiro atoms. The summed E-state index contributed by atoms with van der Waals surface area (Å²) in [6.45, 7) is 0.640. The van der Waals surface area contributed by atoms with Crippen molar-refractivity contribution in [3.63, 3.8) is 0 Å². The quantitative estimate of drug-likeness (QED) is 0.737. The molecular formula is C17H17FN2O4S. The van der Waals surface area contributed by atoms with Gasteiger partial charge in [-0.15, -0.1) is 11.3 Å². The minimum absolute atomic E-state index is 0.0111. The number of methoxy groups -OCH3 is 1. The van der Waals surface area contributed by atoms with Gasteiger partial charge in [0, 0.05) is 18.3 Å². The van der Waals surface area contributed by atoms with Gasteiger partial charge in [0.25, 0.3) is 0 Å². The van der Waals surface area contributed by atoms with Crippen molar-refractivity contribution in [1.29, 1.82) is 0 Å². The fourth-order valence-electron chi connectivity index (χ4n) is 2.51. The first-order valence-electron chi connectivity index (χ1n) is 7.79. The lowest BCUT2D eigenvalue weighted by atomic mass is 10.2. The highest BCUT2D eigenvalue weighted by Crippen LogP contribution is 2.25. The van der Waals surface area contributed by atoms with Crippen molar-refractivity contribution >= 4 is 28.3 Å². The average Bonchev–Trinajstić information content (AvgIpc) is 3.21. The highest BCUT2D eigenvalue weighted by atomic mass is 32.1. The number of thiazole rings is 1. The second-order valence-corrected chi connectivity index (χ2v) is 6.41. The molecule has 2 heterocycles. The minimum Gasteiger partial charge on any atom is -0.494 e. The molecule has 0 N–H and O–H groups in total. The lowest BCUT2D eigenvalue weighted by Gasteiger charge is -2.10. The number of nitrogens with zero attached hydrogens (tertiary/aromatic N) is 2. The molecule has 0 atom stereocenters. The molecule has 1 fully saturated rings. The summed E-state index contributed by atoms with van der Waals surface area (Å²) in [5.41, 5.74) is 1.10. The van der Waals surface area contributed by atoms with Crippen LogP contribution in [0.3, 0.4) is 0 Å². The number of aromatic nitrogens is 1. The van der Waals surface area contributed by atoms with Crippen LogP contribution in [0.15, 0.2) is 23.6 Å². The van der Waals surface area contributed by atoms with E-state index in [1.54, 1.807) is 16.3 Å². The van der Waals surface area contributed by atoms with E-state index in [1.807, 2.05) is 0 Å². The van der Waals surface area contributed by atoms with Gasteiger partial charge >= 0.3 is 5.97 Å². The Morgan fingerprint density at radius 2 is 2.28 bits per heavy atom. The van der Waals surface area contributed by atoms with Gasteiger partial charge in [-0.05, 0) is 24.1 Å². The maximum atomic E-state index is 13.6. The highest BCUT2D eigenvalue weighted by molar-refractivity contribution is 7.14. The Bertz CT molecular complexity index is 793. The topological polar surface area (TPSA) is 68.7 Å². The predicted molar refractivity (Wildman–Crippen MR) is 90.2 cm³/mol. The fourth-order valence-corrected chi connectivity index (χ4v) is 3.38. The van der Waals surface area contributed by atoms with Gasteiger partial charge in [0.15, 0.2) is 16.7 Å². The summed E-state index contributed by atoms with van der Waals surface area (Å²) in [6, 6.07) is 4.39. The van der Waals surface area contributed by atoms with Crippen molar-refractivity contribution in [3.05, 3.63) is 40.7 Å². The summed E-state index contributed by atoms with van der Waals surface area (Å²) in [6.07, 6.45) is 1.38. The summed E-state index contributed by atoms with van der Waals surface area (Å²) in [7, 11) is 1.38. The number of halogens is 1. The van der Waals surface area contributed by atoms with Crippen molar-refractivity contribution in [2.45, 2.75) is 25.9 Å². The molecule has 0 bridgehead atoms. The summed E-state index contributed by atoms with van der Waals surface area (Å²) >= 11 is 1.34. The Morgan fingerprint density at radius 3 is 2.96 bits per heavy atom. The van der Waals surface area contributed by atoms with E-state index in [-0.39, 0.29) is 24.7 Å². The number of carbonyl (C=O) groups is 2. The van der Waals surface area contributed by atoms with Crippen LogP contribution in [0, 0.1) is 5.82 Å². The third-order valence-electron chi connectivity index (χ3n) is 3.79. The molecule has 0 aliphatic carbocycles. The predicted octanol–water partition coefficient (Wildman–Crippen LogP) is 2.70. The van der Waals surface area contributed by atoms with E-state index in [0.29, 0.717) is 29.4 Å². The van der Waals surface area contributed by atoms with Crippen LogP contribution < -0.4 is 9.64 Å². The lowest BCUT2D eigenvalue weighted by Crippen LogP contribution is -2.23. The van der Waals surface area contributed by atoms with Gasteiger partial charge in [-0.25, -0.2) is 9.37 Å². The van der Waals surface area contributed by atoms with Crippen molar-refractivity contribution in [3.8, 4) is 5.75 Å². The average molecular weight is 364 g/mol. The Kier molecular flexibility index (Phi) is 5.28. The monoisotopic (exact) mass is 364 g/mol. The number of rotatable bonds is 6. The van der Waals surface area contributed by atoms with Crippen LogP contribution in [0.1, 0.15) is 24.1 Å². The second kappa shape index (κ2) is 7.60. The number of hydrogen-bond donors (Lipinski definition) is 0. The SMILES string of the molecule is COc1ccc(COC(=O)Cc2csc(N3CCCC3=O)n2)cc1F. The van der Waals surface area contributed by atoms with Crippen LogP contribution in [-0.2, 0) is 27.4 Å². The van der Waals surface area contributed by atoms with Crippen LogP contribution in [0.25, 0.3) is 0 Å². The van der Waals surface area contributed by atoms with Crippen molar-refractivity contribution in [2.75, 3.05) is 18.6 Å². The van der Waals surface area contributed by atoms with Gasteiger partial charge in [-0.2, -0.15) is 0 Å². The van der Waals surface area contributed by atoms with Crippen LogP contribution in [0.5, 0.6) is 5.75 Å². The van der Waals surface area contributed by atoms with Gasteiger partial charge in [0.05, 0.1) is 19.2 Å². The molecule has 132 valence electrons. The smallest absolute Gasteiger partial charge is 0.312 e. The summed E-state index contributed by atoms with van der Waals surface area (Å²) in [5.74, 6) is -0.761. The largest absolute Gasteiger partial charge is 0.494 e. The molecule has 8 heteroatoms. The first kappa shape index (κ1) is 17.3. The maximum Gasteiger partial charge on any atom is 0.312 e. The summed E-state index contributed by atoms with van der Waals surface area (Å²) < 4.78 is 23.6. The summed E-state index contributed by atoms with van der Waals surface area (Å²) in [5, 5.41) is 2.36. The molecule has 6 nitrogen and oxygen atoms in total. The van der Waals surface area contributed by atoms with E-state index < -0.39 is 11.8 Å². The van der Waals surface area contributed by atoms with Crippen molar-refractivity contribution < 1.29 is 23.5 Å². The van der Waals surface area contributed by atoms with E-state index in [0.717, 1.165) is 6.42 Å². The molecule has 1 aromatic heterocycles. The number of hydrogen-bond acceptors (Lipinski definition) is 6. The van der Waals surface area contributed by atoms with Gasteiger partial charge in [-0.3, -0.25) is 14.5 Å². The van der Waals surface area contributed by atoms with Gasteiger partial charge in [0.1, 0.15) is 6.61 Å². The van der Waals surface area contributed by atoms with Crippen LogP contribution in [0.4, 0.5) is 9.52 Å². The van der Waals surface area contributed by atoms with Crippen LogP contribution in [-0.4, -0.2) is 30.5 Å². The zero-order valence-corrected chi connectivity index (χ0v) is 14.5. The third kappa shape index (κ3) is 4.14. The Morgan fingerprint density at radius 1 is 1.44 bits per heavy atom. The fraction of sp³-hybridized carbons (Fsp3) is 0.353.